The second-order valence-electron chi connectivity index (χ2n) is 30.0. The van der Waals surface area contributed by atoms with Crippen molar-refractivity contribution in [3.8, 4) is 0 Å². The van der Waals surface area contributed by atoms with Crippen LogP contribution in [0, 0.1) is 0 Å². The monoisotopic (exact) mass is 1620 g/mol. The van der Waals surface area contributed by atoms with Crippen molar-refractivity contribution in [1.29, 1.82) is 0 Å². The summed E-state index contributed by atoms with van der Waals surface area (Å²) >= 11 is 0. The third-order valence-corrected chi connectivity index (χ3v) is 21.0. The average Bonchev–Trinajstić information content (AvgIpc) is 0.911. The van der Waals surface area contributed by atoms with Crippen molar-refractivity contribution >= 4 is 62.8 Å². The molecule has 0 fully saturated rings. The van der Waals surface area contributed by atoms with Gasteiger partial charge in [0.15, 0.2) is 0 Å². The third-order valence-electron chi connectivity index (χ3n) is 19.1. The van der Waals surface area contributed by atoms with E-state index in [1.54, 1.807) is 0 Å². The number of rotatable bonds is 84. The van der Waals surface area contributed by atoms with Gasteiger partial charge in [-0.1, -0.05) is 258 Å². The van der Waals surface area contributed by atoms with Gasteiger partial charge in [-0.15, -0.1) is 0 Å². The number of carbonyl (C=O) groups excluding carboxylic acids is 8. The highest BCUT2D eigenvalue weighted by atomic mass is 31.2. The van der Waals surface area contributed by atoms with E-state index < -0.39 is 109 Å². The van der Waals surface area contributed by atoms with Gasteiger partial charge in [0.2, 0.25) is 23.6 Å². The molecular formula is C85H158N4O20P2. The molecule has 2 unspecified atom stereocenters. The van der Waals surface area contributed by atoms with Gasteiger partial charge in [0.1, 0.15) is 30.2 Å². The first-order chi connectivity index (χ1) is 53.7. The molecule has 4 amide bonds. The molecule has 0 spiro atoms. The van der Waals surface area contributed by atoms with Crippen LogP contribution in [0.25, 0.3) is 0 Å². The van der Waals surface area contributed by atoms with Gasteiger partial charge in [0.25, 0.3) is 0 Å². The molecule has 648 valence electrons. The van der Waals surface area contributed by atoms with E-state index in [1.165, 1.54) is 89.9 Å². The van der Waals surface area contributed by atoms with Gasteiger partial charge in [-0.2, -0.15) is 0 Å². The number of hydrogen-bond acceptors (Lipinski definition) is 18. The van der Waals surface area contributed by atoms with Gasteiger partial charge in [-0.25, -0.2) is 9.13 Å². The molecule has 0 aromatic carbocycles. The van der Waals surface area contributed by atoms with Crippen LogP contribution in [0.1, 0.15) is 382 Å². The van der Waals surface area contributed by atoms with Crippen molar-refractivity contribution in [2.24, 2.45) is 0 Å². The Bertz CT molecular complexity index is 2330. The van der Waals surface area contributed by atoms with Crippen molar-refractivity contribution in [3.63, 3.8) is 0 Å². The fourth-order valence-corrected chi connectivity index (χ4v) is 14.0. The average molecular weight is 1620 g/mol. The van der Waals surface area contributed by atoms with Crippen LogP contribution in [0.4, 0.5) is 0 Å². The molecule has 6 N–H and O–H groups in total. The second kappa shape index (κ2) is 77.0. The fourth-order valence-electron chi connectivity index (χ4n) is 12.5. The summed E-state index contributed by atoms with van der Waals surface area (Å²) in [6.07, 6.45) is 53.7. The maximum absolute atomic E-state index is 13.3. The smallest absolute Gasteiger partial charge is 0.462 e. The van der Waals surface area contributed by atoms with Crippen LogP contribution in [0.2, 0.25) is 0 Å². The molecule has 0 aromatic heterocycles. The first-order valence-corrected chi connectivity index (χ1v) is 46.9. The van der Waals surface area contributed by atoms with Gasteiger partial charge in [0.05, 0.1) is 77.8 Å². The number of ketones is 2. The maximum Gasteiger partial charge on any atom is 0.472 e. The zero-order valence-corrected chi connectivity index (χ0v) is 72.1. The van der Waals surface area contributed by atoms with E-state index in [9.17, 15) is 57.3 Å². The molecule has 6 atom stereocenters. The number of unbranched alkanes of at least 4 members (excludes halogenated alkanes) is 34. The van der Waals surface area contributed by atoms with Gasteiger partial charge in [-0.05, 0) is 89.9 Å². The lowest BCUT2D eigenvalue weighted by Crippen LogP contribution is -2.42. The molecule has 0 saturated carbocycles. The number of nitrogens with one attached hydrogen (secondary N) is 4. The van der Waals surface area contributed by atoms with Gasteiger partial charge in [-0.3, -0.25) is 56.5 Å². The summed E-state index contributed by atoms with van der Waals surface area (Å²) < 4.78 is 71.0. The van der Waals surface area contributed by atoms with Crippen LogP contribution in [0.5, 0.6) is 0 Å². The largest absolute Gasteiger partial charge is 0.472 e. The van der Waals surface area contributed by atoms with E-state index in [2.05, 4.69) is 87.1 Å². The van der Waals surface area contributed by atoms with Crippen LogP contribution in [0.3, 0.4) is 0 Å². The molecule has 0 heterocycles. The molecule has 0 aromatic rings. The first kappa shape index (κ1) is 107. The highest BCUT2D eigenvalue weighted by Crippen LogP contribution is 2.44. The normalized spacial score (nSPS) is 13.8. The molecule has 0 aliphatic heterocycles. The summed E-state index contributed by atoms with van der Waals surface area (Å²) in [6, 6.07) is -2.00. The van der Waals surface area contributed by atoms with Crippen molar-refractivity contribution in [2.45, 2.75) is 406 Å². The number of phosphoric acid groups is 2. The van der Waals surface area contributed by atoms with E-state index in [-0.39, 0.29) is 75.9 Å². The van der Waals surface area contributed by atoms with Gasteiger partial charge < -0.3 is 50.0 Å². The molecule has 111 heavy (non-hydrogen) atoms. The van der Waals surface area contributed by atoms with Gasteiger partial charge in [0, 0.05) is 51.6 Å². The molecule has 0 aliphatic rings. The van der Waals surface area contributed by atoms with Crippen LogP contribution < -0.4 is 21.3 Å². The topological polar surface area (TPSA) is 333 Å². The lowest BCUT2D eigenvalue weighted by atomic mass is 10.0. The van der Waals surface area contributed by atoms with E-state index in [1.807, 2.05) is 0 Å². The Morgan fingerprint density at radius 1 is 0.315 bits per heavy atom. The summed E-state index contributed by atoms with van der Waals surface area (Å²) in [5.74, 6) is -3.82. The van der Waals surface area contributed by atoms with Crippen LogP contribution in [-0.4, -0.2) is 147 Å². The van der Waals surface area contributed by atoms with E-state index in [4.69, 9.17) is 37.0 Å². The molecule has 24 nitrogen and oxygen atoms in total. The molecule has 0 bridgehead atoms. The van der Waals surface area contributed by atoms with E-state index in [0.717, 1.165) is 154 Å². The standard InChI is InChI=1S/C85H158N4O20P2/c1-7-13-19-25-29-33-37-43-47-53-76(90)67-82(94)88-74(70-102-63-59-78(55-49-41-23-17-11-5)108-84(96)57-51-45-39-35-31-27-21-15-9-3)72-106-110(98,99)104-65-61-86-80(92)69-81(93)87-62-66-105-111(100,101)107-73-75(89-83(95)68-77(91)54-48-44-38-34-30-26-20-14-8-2)71-103-64-60-79(56-50-42-24-18-12-6)109-85(97)58-52-46-40-36-32-28-22-16-10-4/h35-36,39-40,74-75,78-79H,7-34,37-38,41-73H2,1-6H3,(H,86,92)(H,87,93)(H,88,94)(H,89,95)(H,98,99)(H,100,101)/b39-35+,40-36+/t74-,75-,78-,79-/m1/s1. The minimum atomic E-state index is -4.83. The molecule has 26 heteroatoms. The molecule has 0 aliphatic carbocycles. The number of hydrogen-bond donors (Lipinski definition) is 6. The molecule has 0 rings (SSSR count). The number of phosphoric ester groups is 2. The zero-order chi connectivity index (χ0) is 81.8. The second-order valence-corrected chi connectivity index (χ2v) is 32.9. The molecule has 0 radical (unpaired) electrons. The summed E-state index contributed by atoms with van der Waals surface area (Å²) in [5, 5.41) is 10.2. The Labute approximate surface area is 671 Å². The van der Waals surface area contributed by atoms with E-state index in [0.29, 0.717) is 64.2 Å². The summed E-state index contributed by atoms with van der Waals surface area (Å²) in [7, 11) is -9.66. The Balaban J connectivity index is 5.66. The zero-order valence-electron chi connectivity index (χ0n) is 70.3. The number of allylic oxidation sites excluding steroid dienone is 4. The Morgan fingerprint density at radius 2 is 0.613 bits per heavy atom. The lowest BCUT2D eigenvalue weighted by molar-refractivity contribution is -0.151. The number of esters is 2. The Hall–Kier alpha value is -4.22. The molecular weight excluding hydrogens is 1460 g/mol. The van der Waals surface area contributed by atoms with Crippen molar-refractivity contribution in [3.05, 3.63) is 24.3 Å². The predicted molar refractivity (Wildman–Crippen MR) is 442 cm³/mol. The fraction of sp³-hybridized carbons (Fsp3) is 0.859. The maximum atomic E-state index is 13.3. The highest BCUT2D eigenvalue weighted by Gasteiger charge is 2.28. The van der Waals surface area contributed by atoms with Crippen LogP contribution in [-0.2, 0) is 84.5 Å². The first-order valence-electron chi connectivity index (χ1n) is 43.9. The van der Waals surface area contributed by atoms with E-state index >= 15 is 0 Å². The number of ether oxygens (including phenoxy) is 4. The minimum Gasteiger partial charge on any atom is -0.462 e. The van der Waals surface area contributed by atoms with Gasteiger partial charge >= 0.3 is 27.6 Å². The quantitative estimate of drug-likeness (QED) is 0.0108. The Kier molecular flexibility index (Phi) is 74.1. The lowest BCUT2D eigenvalue weighted by Gasteiger charge is -2.22. The summed E-state index contributed by atoms with van der Waals surface area (Å²) in [5.41, 5.74) is 0. The SMILES string of the molecule is CCCCCC/C=C/CCCC(=O)O[C@H](CCCCCCC)CCOC[C@H](COP(=O)(O)OCCNC(=O)CC(=O)NCCOP(=O)(O)OC[C@@H](COCC[C@@H](CCCCCCC)OC(=O)CCC/C=C/CCCCCC)NC(=O)CC(=O)CCCCCCCCCCC)NC(=O)CC(=O)CCCCCCCCCCC. The predicted octanol–water partition coefficient (Wildman–Crippen LogP) is 19.4. The van der Waals surface area contributed by atoms with Crippen molar-refractivity contribution in [1.82, 2.24) is 21.3 Å². The van der Waals surface area contributed by atoms with Crippen molar-refractivity contribution < 1.29 is 94.3 Å². The number of Topliss-reactive ketones (excluding diaryl/α,β-unsaturated/α-hetero) is 2. The van der Waals surface area contributed by atoms with Crippen LogP contribution >= 0.6 is 15.6 Å². The Morgan fingerprint density at radius 3 is 0.946 bits per heavy atom. The highest BCUT2D eigenvalue weighted by molar-refractivity contribution is 7.47. The number of carbonyl (C=O) groups is 8. The van der Waals surface area contributed by atoms with Crippen molar-refractivity contribution in [2.75, 3.05) is 65.9 Å². The minimum absolute atomic E-state index is 0.130. The summed E-state index contributed by atoms with van der Waals surface area (Å²) in [4.78, 5) is 125. The summed E-state index contributed by atoms with van der Waals surface area (Å²) in [6.45, 7) is 10.1. The van der Waals surface area contributed by atoms with Crippen LogP contribution in [0.15, 0.2) is 24.3 Å². The number of amides is 4. The molecule has 0 saturated heterocycles. The third kappa shape index (κ3) is 74.4.